The number of benzene rings is 1. The Labute approximate surface area is 246 Å². The molecule has 2 aliphatic rings. The summed E-state index contributed by atoms with van der Waals surface area (Å²) < 4.78 is 14.5. The molecule has 0 radical (unpaired) electrons. The van der Waals surface area contributed by atoms with Crippen molar-refractivity contribution >= 4 is 56.1 Å². The van der Waals surface area contributed by atoms with Crippen LogP contribution >= 0.6 is 11.3 Å². The molecule has 1 amide bonds. The van der Waals surface area contributed by atoms with Crippen molar-refractivity contribution < 1.29 is 13.9 Å². The molecule has 11 heteroatoms. The summed E-state index contributed by atoms with van der Waals surface area (Å²) in [5, 5.41) is 6.18. The lowest BCUT2D eigenvalue weighted by atomic mass is 10.1. The van der Waals surface area contributed by atoms with Gasteiger partial charge >= 0.3 is 0 Å². The van der Waals surface area contributed by atoms with E-state index in [-0.39, 0.29) is 17.4 Å². The number of hydrogen-bond acceptors (Lipinski definition) is 9. The van der Waals surface area contributed by atoms with Crippen molar-refractivity contribution in [2.75, 3.05) is 50.6 Å². The molecule has 1 aromatic carbocycles. The Kier molecular flexibility index (Phi) is 6.91. The number of fused-ring (bicyclic) bond motifs is 2. The molecule has 1 aliphatic heterocycles. The predicted octanol–water partition coefficient (Wildman–Crippen LogP) is 5.66. The monoisotopic (exact) mass is 584 g/mol. The zero-order valence-corrected chi connectivity index (χ0v) is 24.4. The smallest absolute Gasteiger partial charge is 0.270 e. The molecule has 42 heavy (non-hydrogen) atoms. The maximum Gasteiger partial charge on any atom is 0.270 e. The van der Waals surface area contributed by atoms with E-state index in [9.17, 15) is 9.59 Å². The molecule has 0 bridgehead atoms. The van der Waals surface area contributed by atoms with E-state index in [4.69, 9.17) is 14.1 Å². The van der Waals surface area contributed by atoms with Gasteiger partial charge in [-0.25, -0.2) is 4.98 Å². The van der Waals surface area contributed by atoms with Gasteiger partial charge in [0.2, 0.25) is 11.4 Å². The van der Waals surface area contributed by atoms with E-state index in [0.717, 1.165) is 53.5 Å². The topological polar surface area (TPSA) is 106 Å². The standard InChI is InChI=1S/C31H32N6O4S/c1-35(2)30(39)24-15-20-17-32-31(34-29(20)37(24)22-8-3-4-9-22)33-21-7-5-6-19(14-21)23-18-42-28-25(38)16-26(41-27(23)28)36-10-12-40-13-11-36/h5-7,14-18,22H,3-4,8-13H2,1-2H3,(H,32,33,34). The van der Waals surface area contributed by atoms with Gasteiger partial charge in [0.25, 0.3) is 5.91 Å². The van der Waals surface area contributed by atoms with E-state index in [2.05, 4.69) is 19.8 Å². The summed E-state index contributed by atoms with van der Waals surface area (Å²) >= 11 is 1.39. The Bertz CT molecular complexity index is 1850. The fourth-order valence-electron chi connectivity index (χ4n) is 5.96. The van der Waals surface area contributed by atoms with E-state index >= 15 is 0 Å². The van der Waals surface area contributed by atoms with E-state index in [1.807, 2.05) is 35.7 Å². The predicted molar refractivity (Wildman–Crippen MR) is 165 cm³/mol. The molecule has 0 unspecified atom stereocenters. The second kappa shape index (κ2) is 10.9. The highest BCUT2D eigenvalue weighted by Gasteiger charge is 2.26. The molecular weight excluding hydrogens is 552 g/mol. The second-order valence-corrected chi connectivity index (χ2v) is 12.0. The molecule has 0 atom stereocenters. The minimum Gasteiger partial charge on any atom is -0.439 e. The van der Waals surface area contributed by atoms with Crippen LogP contribution in [0.2, 0.25) is 0 Å². The van der Waals surface area contributed by atoms with Gasteiger partial charge in [0, 0.05) is 67.5 Å². The minimum atomic E-state index is -0.0395. The average Bonchev–Trinajstić information content (AvgIpc) is 3.76. The number of nitrogens with zero attached hydrogens (tertiary/aromatic N) is 5. The first-order valence-corrected chi connectivity index (χ1v) is 15.2. The summed E-state index contributed by atoms with van der Waals surface area (Å²) in [5.74, 6) is 0.995. The normalized spacial score (nSPS) is 16.0. The van der Waals surface area contributed by atoms with E-state index in [0.29, 0.717) is 54.1 Å². The van der Waals surface area contributed by atoms with Gasteiger partial charge in [0.15, 0.2) is 11.5 Å². The van der Waals surface area contributed by atoms with Crippen LogP contribution in [0.25, 0.3) is 32.4 Å². The largest absolute Gasteiger partial charge is 0.439 e. The lowest BCUT2D eigenvalue weighted by molar-refractivity contribution is 0.0815. The van der Waals surface area contributed by atoms with E-state index in [1.54, 1.807) is 31.3 Å². The maximum absolute atomic E-state index is 13.0. The van der Waals surface area contributed by atoms with Crippen molar-refractivity contribution in [3.63, 3.8) is 0 Å². The number of ether oxygens (including phenoxy) is 1. The molecule has 0 spiro atoms. The van der Waals surface area contributed by atoms with Gasteiger partial charge in [-0.2, -0.15) is 4.98 Å². The number of thiophene rings is 1. The van der Waals surface area contributed by atoms with Gasteiger partial charge in [0.1, 0.15) is 16.0 Å². The van der Waals surface area contributed by atoms with Gasteiger partial charge in [-0.05, 0) is 36.6 Å². The molecule has 7 rings (SSSR count). The first-order valence-electron chi connectivity index (χ1n) is 14.3. The zero-order chi connectivity index (χ0) is 28.8. The first-order chi connectivity index (χ1) is 20.5. The molecule has 1 N–H and O–H groups in total. The van der Waals surface area contributed by atoms with Crippen molar-refractivity contribution in [2.24, 2.45) is 0 Å². The van der Waals surface area contributed by atoms with Crippen LogP contribution in [0, 0.1) is 0 Å². The number of carbonyl (C=O) groups is 1. The van der Waals surface area contributed by atoms with Crippen molar-refractivity contribution in [2.45, 2.75) is 31.7 Å². The van der Waals surface area contributed by atoms with Crippen LogP contribution in [0.3, 0.4) is 0 Å². The summed E-state index contributed by atoms with van der Waals surface area (Å²) in [6.07, 6.45) is 6.14. The molecule has 1 aliphatic carbocycles. The van der Waals surface area contributed by atoms with E-state index < -0.39 is 0 Å². The summed E-state index contributed by atoms with van der Waals surface area (Å²) in [6.45, 7) is 2.59. The SMILES string of the molecule is CN(C)C(=O)c1cc2cnc(Nc3cccc(-c4csc5c(=O)cc(N6CCOCC6)oc45)c3)nc2n1C1CCCC1. The Hall–Kier alpha value is -4.22. The Morgan fingerprint density at radius 3 is 2.71 bits per heavy atom. The van der Waals surface area contributed by atoms with Gasteiger partial charge in [-0.1, -0.05) is 25.0 Å². The van der Waals surface area contributed by atoms with Crippen LogP contribution in [-0.2, 0) is 4.74 Å². The molecule has 4 aromatic heterocycles. The summed E-state index contributed by atoms with van der Waals surface area (Å²) in [6, 6.07) is 11.7. The Balaban J connectivity index is 1.23. The van der Waals surface area contributed by atoms with E-state index in [1.165, 1.54) is 11.3 Å². The molecule has 10 nitrogen and oxygen atoms in total. The number of rotatable bonds is 6. The number of amides is 1. The molecule has 1 saturated heterocycles. The summed E-state index contributed by atoms with van der Waals surface area (Å²) in [5.41, 5.74) is 4.56. The first kappa shape index (κ1) is 26.7. The third-order valence-corrected chi connectivity index (χ3v) is 9.05. The van der Waals surface area contributed by atoms with Gasteiger partial charge in [-0.15, -0.1) is 11.3 Å². The molecule has 5 aromatic rings. The number of hydrogen-bond donors (Lipinski definition) is 1. The Morgan fingerprint density at radius 1 is 1.12 bits per heavy atom. The maximum atomic E-state index is 13.0. The zero-order valence-electron chi connectivity index (χ0n) is 23.6. The number of nitrogens with one attached hydrogen (secondary N) is 1. The lowest BCUT2D eigenvalue weighted by Crippen LogP contribution is -2.36. The second-order valence-electron chi connectivity index (χ2n) is 11.1. The van der Waals surface area contributed by atoms with Gasteiger partial charge in [-0.3, -0.25) is 9.59 Å². The quantitative estimate of drug-likeness (QED) is 0.273. The van der Waals surface area contributed by atoms with Crippen molar-refractivity contribution in [1.29, 1.82) is 0 Å². The van der Waals surface area contributed by atoms with Crippen molar-refractivity contribution in [3.8, 4) is 11.1 Å². The highest BCUT2D eigenvalue weighted by molar-refractivity contribution is 7.17. The van der Waals surface area contributed by atoms with Crippen LogP contribution in [0.1, 0.15) is 42.2 Å². The number of aromatic nitrogens is 3. The molecule has 216 valence electrons. The highest BCUT2D eigenvalue weighted by atomic mass is 32.1. The molecular formula is C31H32N6O4S. The van der Waals surface area contributed by atoms with Gasteiger partial charge in [0.05, 0.1) is 13.2 Å². The molecule has 2 fully saturated rings. The highest BCUT2D eigenvalue weighted by Crippen LogP contribution is 2.37. The summed E-state index contributed by atoms with van der Waals surface area (Å²) in [4.78, 5) is 39.1. The van der Waals surface area contributed by atoms with Crippen molar-refractivity contribution in [1.82, 2.24) is 19.4 Å². The number of anilines is 3. The van der Waals surface area contributed by atoms with Crippen LogP contribution in [0.15, 0.2) is 57.2 Å². The van der Waals surface area contributed by atoms with Crippen LogP contribution in [0.5, 0.6) is 0 Å². The third kappa shape index (κ3) is 4.82. The fourth-order valence-corrected chi connectivity index (χ4v) is 6.87. The van der Waals surface area contributed by atoms with Gasteiger partial charge < -0.3 is 28.8 Å². The minimum absolute atomic E-state index is 0.0338. The fraction of sp³-hybridized carbons (Fsp3) is 0.355. The Morgan fingerprint density at radius 2 is 1.93 bits per heavy atom. The van der Waals surface area contributed by atoms with Crippen LogP contribution < -0.4 is 15.6 Å². The number of carbonyl (C=O) groups excluding carboxylic acids is 1. The van der Waals surface area contributed by atoms with Crippen molar-refractivity contribution in [3.05, 3.63) is 63.9 Å². The average molecular weight is 585 g/mol. The van der Waals surface area contributed by atoms with Crippen LogP contribution in [-0.4, -0.2) is 65.7 Å². The number of morpholine rings is 1. The molecule has 5 heterocycles. The third-order valence-electron chi connectivity index (χ3n) is 8.07. The lowest BCUT2D eigenvalue weighted by Gasteiger charge is -2.27. The van der Waals surface area contributed by atoms with Crippen LogP contribution in [0.4, 0.5) is 17.5 Å². The summed E-state index contributed by atoms with van der Waals surface area (Å²) in [7, 11) is 3.55. The molecule has 1 saturated carbocycles.